The number of nitrogens with zero attached hydrogens (tertiary/aromatic N) is 3. The largest absolute Gasteiger partial charge is 0.437 e. The highest BCUT2D eigenvalue weighted by molar-refractivity contribution is 5.46. The normalized spacial score (nSPS) is 10.7. The number of anilines is 1. The van der Waals surface area contributed by atoms with Crippen LogP contribution in [0, 0.1) is 13.8 Å². The van der Waals surface area contributed by atoms with E-state index < -0.39 is 0 Å². The van der Waals surface area contributed by atoms with Gasteiger partial charge in [0.25, 0.3) is 0 Å². The third-order valence-electron chi connectivity index (χ3n) is 3.27. The highest BCUT2D eigenvalue weighted by Crippen LogP contribution is 2.28. The van der Waals surface area contributed by atoms with Crippen molar-refractivity contribution in [3.8, 4) is 11.6 Å². The zero-order valence-electron chi connectivity index (χ0n) is 13.1. The Morgan fingerprint density at radius 3 is 2.52 bits per heavy atom. The van der Waals surface area contributed by atoms with Crippen molar-refractivity contribution in [3.05, 3.63) is 34.9 Å². The molecule has 0 spiro atoms. The smallest absolute Gasteiger partial charge is 0.227 e. The molecule has 0 bridgehead atoms. The summed E-state index contributed by atoms with van der Waals surface area (Å²) in [4.78, 5) is 13.3. The predicted molar refractivity (Wildman–Crippen MR) is 83.6 cm³/mol. The number of nitrogens with two attached hydrogens (primary N) is 1. The van der Waals surface area contributed by atoms with Gasteiger partial charge in [0.2, 0.25) is 5.88 Å². The van der Waals surface area contributed by atoms with Crippen LogP contribution in [0.5, 0.6) is 11.6 Å². The van der Waals surface area contributed by atoms with E-state index in [-0.39, 0.29) is 0 Å². The molecule has 0 amide bonds. The Morgan fingerprint density at radius 2 is 1.86 bits per heavy atom. The van der Waals surface area contributed by atoms with Crippen molar-refractivity contribution in [1.82, 2.24) is 15.0 Å². The van der Waals surface area contributed by atoms with Gasteiger partial charge in [-0.2, -0.15) is 4.98 Å². The van der Waals surface area contributed by atoms with Gasteiger partial charge in [-0.3, -0.25) is 4.98 Å². The molecule has 0 aromatic carbocycles. The van der Waals surface area contributed by atoms with Gasteiger partial charge in [-0.05, 0) is 38.8 Å². The van der Waals surface area contributed by atoms with Crippen molar-refractivity contribution in [1.29, 1.82) is 0 Å². The van der Waals surface area contributed by atoms with Crippen molar-refractivity contribution in [2.45, 2.75) is 47.0 Å². The summed E-state index contributed by atoms with van der Waals surface area (Å²) in [6, 6.07) is 3.86. The number of pyridine rings is 1. The highest BCUT2D eigenvalue weighted by Gasteiger charge is 2.13. The summed E-state index contributed by atoms with van der Waals surface area (Å²) in [6.45, 7) is 7.97. The fourth-order valence-corrected chi connectivity index (χ4v) is 2.04. The number of ether oxygens (including phenoxy) is 1. The van der Waals surface area contributed by atoms with Crippen molar-refractivity contribution < 1.29 is 4.74 Å². The van der Waals surface area contributed by atoms with Crippen LogP contribution in [0.15, 0.2) is 12.1 Å². The van der Waals surface area contributed by atoms with E-state index in [1.807, 2.05) is 26.0 Å². The molecule has 2 heterocycles. The second-order valence-electron chi connectivity index (χ2n) is 5.06. The maximum atomic E-state index is 5.96. The minimum Gasteiger partial charge on any atom is -0.437 e. The van der Waals surface area contributed by atoms with E-state index in [2.05, 4.69) is 28.8 Å². The van der Waals surface area contributed by atoms with E-state index in [0.717, 1.165) is 42.0 Å². The second kappa shape index (κ2) is 6.52. The van der Waals surface area contributed by atoms with E-state index in [1.165, 1.54) is 0 Å². The molecule has 2 rings (SSSR count). The number of hydrogen-bond acceptors (Lipinski definition) is 5. The first-order valence-corrected chi connectivity index (χ1v) is 7.32. The molecule has 112 valence electrons. The lowest BCUT2D eigenvalue weighted by Crippen LogP contribution is -2.06. The Balaban J connectivity index is 2.39. The summed E-state index contributed by atoms with van der Waals surface area (Å²) < 4.78 is 5.96. The molecular weight excluding hydrogens is 264 g/mol. The third kappa shape index (κ3) is 3.48. The van der Waals surface area contributed by atoms with Gasteiger partial charge in [0, 0.05) is 12.1 Å². The van der Waals surface area contributed by atoms with Crippen LogP contribution in [0.25, 0.3) is 0 Å². The van der Waals surface area contributed by atoms with E-state index >= 15 is 0 Å². The molecule has 0 atom stereocenters. The number of nitrogen functional groups attached to an aromatic ring is 1. The maximum Gasteiger partial charge on any atom is 0.227 e. The Labute approximate surface area is 125 Å². The molecule has 21 heavy (non-hydrogen) atoms. The average molecular weight is 286 g/mol. The van der Waals surface area contributed by atoms with Crippen LogP contribution < -0.4 is 10.5 Å². The first kappa shape index (κ1) is 15.2. The van der Waals surface area contributed by atoms with Gasteiger partial charge < -0.3 is 10.5 Å². The van der Waals surface area contributed by atoms with Gasteiger partial charge in [-0.15, -0.1) is 0 Å². The third-order valence-corrected chi connectivity index (χ3v) is 3.27. The summed E-state index contributed by atoms with van der Waals surface area (Å²) in [5, 5.41) is 0. The van der Waals surface area contributed by atoms with E-state index in [9.17, 15) is 0 Å². The fraction of sp³-hybridized carbons (Fsp3) is 0.438. The predicted octanol–water partition coefficient (Wildman–Crippen LogP) is 3.38. The van der Waals surface area contributed by atoms with Crippen LogP contribution in [0.1, 0.15) is 43.0 Å². The van der Waals surface area contributed by atoms with Gasteiger partial charge in [0.1, 0.15) is 11.6 Å². The monoisotopic (exact) mass is 286 g/mol. The lowest BCUT2D eigenvalue weighted by Gasteiger charge is -2.13. The topological polar surface area (TPSA) is 73.9 Å². The number of aryl methyl sites for hydroxylation is 3. The molecule has 0 saturated carbocycles. The van der Waals surface area contributed by atoms with Crippen molar-refractivity contribution in [2.75, 3.05) is 5.73 Å². The van der Waals surface area contributed by atoms with Crippen LogP contribution in [-0.2, 0) is 12.8 Å². The quantitative estimate of drug-likeness (QED) is 0.912. The first-order valence-electron chi connectivity index (χ1n) is 7.32. The standard InChI is InChI=1S/C16H22N4O/c1-5-7-14-19-15(17)11(4)16(20-14)21-13-9-8-10(3)18-12(13)6-2/h8-9H,5-7H2,1-4H3,(H2,17,19,20). The molecule has 2 aromatic rings. The zero-order valence-corrected chi connectivity index (χ0v) is 13.1. The minimum absolute atomic E-state index is 0.474. The Bertz CT molecular complexity index is 640. The van der Waals surface area contributed by atoms with Crippen molar-refractivity contribution in [2.24, 2.45) is 0 Å². The molecule has 2 N–H and O–H groups in total. The molecule has 5 heteroatoms. The highest BCUT2D eigenvalue weighted by atomic mass is 16.5. The fourth-order valence-electron chi connectivity index (χ4n) is 2.04. The van der Waals surface area contributed by atoms with Gasteiger partial charge >= 0.3 is 0 Å². The number of aromatic nitrogens is 3. The van der Waals surface area contributed by atoms with Gasteiger partial charge in [-0.25, -0.2) is 4.98 Å². The molecular formula is C16H22N4O. The summed E-state index contributed by atoms with van der Waals surface area (Å²) in [5.74, 6) is 2.44. The molecule has 5 nitrogen and oxygen atoms in total. The first-order chi connectivity index (χ1) is 10.0. The number of hydrogen-bond donors (Lipinski definition) is 1. The van der Waals surface area contributed by atoms with Gasteiger partial charge in [0.15, 0.2) is 5.75 Å². The molecule has 0 radical (unpaired) electrons. The lowest BCUT2D eigenvalue weighted by molar-refractivity contribution is 0.446. The zero-order chi connectivity index (χ0) is 15.4. The van der Waals surface area contributed by atoms with Crippen molar-refractivity contribution in [3.63, 3.8) is 0 Å². The van der Waals surface area contributed by atoms with Crippen LogP contribution in [0.4, 0.5) is 5.82 Å². The average Bonchev–Trinajstić information content (AvgIpc) is 2.46. The summed E-state index contributed by atoms with van der Waals surface area (Å²) in [6.07, 6.45) is 2.56. The van der Waals surface area contributed by atoms with E-state index in [1.54, 1.807) is 0 Å². The second-order valence-corrected chi connectivity index (χ2v) is 5.06. The molecule has 0 fully saturated rings. The maximum absolute atomic E-state index is 5.96. The summed E-state index contributed by atoms with van der Waals surface area (Å²) in [5.41, 5.74) is 8.61. The molecule has 0 aliphatic rings. The molecule has 2 aromatic heterocycles. The lowest BCUT2D eigenvalue weighted by atomic mass is 10.2. The van der Waals surface area contributed by atoms with Gasteiger partial charge in [0.05, 0.1) is 11.3 Å². The number of rotatable bonds is 5. The van der Waals surface area contributed by atoms with Crippen LogP contribution in [0.2, 0.25) is 0 Å². The van der Waals surface area contributed by atoms with Gasteiger partial charge in [-0.1, -0.05) is 13.8 Å². The Kier molecular flexibility index (Phi) is 4.73. The SMILES string of the molecule is CCCc1nc(N)c(C)c(Oc2ccc(C)nc2CC)n1. The van der Waals surface area contributed by atoms with Crippen LogP contribution in [0.3, 0.4) is 0 Å². The molecule has 0 aliphatic heterocycles. The summed E-state index contributed by atoms with van der Waals surface area (Å²) >= 11 is 0. The molecule has 0 aliphatic carbocycles. The Morgan fingerprint density at radius 1 is 1.10 bits per heavy atom. The summed E-state index contributed by atoms with van der Waals surface area (Å²) in [7, 11) is 0. The van der Waals surface area contributed by atoms with Crippen molar-refractivity contribution >= 4 is 5.82 Å². The van der Waals surface area contributed by atoms with Crippen LogP contribution in [-0.4, -0.2) is 15.0 Å². The molecule has 0 saturated heterocycles. The van der Waals surface area contributed by atoms with Crippen LogP contribution >= 0.6 is 0 Å². The minimum atomic E-state index is 0.474. The molecule has 0 unspecified atom stereocenters. The van der Waals surface area contributed by atoms with E-state index in [4.69, 9.17) is 10.5 Å². The van der Waals surface area contributed by atoms with E-state index in [0.29, 0.717) is 17.5 Å². The Hall–Kier alpha value is -2.17.